The van der Waals surface area contributed by atoms with Gasteiger partial charge < -0.3 is 15.0 Å². The summed E-state index contributed by atoms with van der Waals surface area (Å²) in [5.41, 5.74) is 1.23. The van der Waals surface area contributed by atoms with Crippen molar-refractivity contribution in [2.75, 3.05) is 44.2 Å². The largest absolute Gasteiger partial charge is 0.379 e. The summed E-state index contributed by atoms with van der Waals surface area (Å²) in [5.74, 6) is -0.398. The molecule has 174 valence electrons. The fourth-order valence-corrected chi connectivity index (χ4v) is 5.15. The minimum absolute atomic E-state index is 0.0725. The Morgan fingerprint density at radius 3 is 2.44 bits per heavy atom. The Labute approximate surface area is 195 Å². The summed E-state index contributed by atoms with van der Waals surface area (Å²) in [6.07, 6.45) is 0.794. The summed E-state index contributed by atoms with van der Waals surface area (Å²) in [6, 6.07) is 14.2. The summed E-state index contributed by atoms with van der Waals surface area (Å²) < 4.78 is 33.3. The standard InChI is InChI=1S/C23H30ClN3O4S/c1-18(2)31-16-6-11-25-23(28)21-17-20(9-10-22(21)24)32(29,30)27-14-12-26(13-15-27)19-7-4-3-5-8-19/h3-5,7-10,17-18H,6,11-16H2,1-2H3,(H,25,28). The number of rotatable bonds is 9. The Hall–Kier alpha value is -2.13. The van der Waals surface area contributed by atoms with Crippen LogP contribution >= 0.6 is 11.6 Å². The number of sulfonamides is 1. The number of piperazine rings is 1. The minimum Gasteiger partial charge on any atom is -0.379 e. The molecule has 0 spiro atoms. The van der Waals surface area contributed by atoms with Gasteiger partial charge in [0.05, 0.1) is 21.6 Å². The molecule has 1 aliphatic rings. The van der Waals surface area contributed by atoms with Crippen molar-refractivity contribution in [2.24, 2.45) is 0 Å². The predicted molar refractivity (Wildman–Crippen MR) is 127 cm³/mol. The highest BCUT2D eigenvalue weighted by atomic mass is 35.5. The lowest BCUT2D eigenvalue weighted by Gasteiger charge is -2.35. The highest BCUT2D eigenvalue weighted by Crippen LogP contribution is 2.25. The van der Waals surface area contributed by atoms with Gasteiger partial charge in [0, 0.05) is 45.0 Å². The van der Waals surface area contributed by atoms with E-state index in [-0.39, 0.29) is 21.6 Å². The molecule has 1 heterocycles. The lowest BCUT2D eigenvalue weighted by atomic mass is 10.2. The van der Waals surface area contributed by atoms with Crippen LogP contribution in [0.15, 0.2) is 53.4 Å². The summed E-state index contributed by atoms with van der Waals surface area (Å²) in [6.45, 7) is 6.80. The molecule has 32 heavy (non-hydrogen) atoms. The highest BCUT2D eigenvalue weighted by Gasteiger charge is 2.29. The Balaban J connectivity index is 1.64. The Morgan fingerprint density at radius 2 is 1.78 bits per heavy atom. The van der Waals surface area contributed by atoms with Crippen LogP contribution in [0.2, 0.25) is 5.02 Å². The van der Waals surface area contributed by atoms with Crippen LogP contribution in [0, 0.1) is 0 Å². The maximum absolute atomic E-state index is 13.2. The summed E-state index contributed by atoms with van der Waals surface area (Å²) >= 11 is 6.19. The van der Waals surface area contributed by atoms with E-state index < -0.39 is 15.9 Å². The maximum atomic E-state index is 13.2. The average Bonchev–Trinajstić information content (AvgIpc) is 2.79. The van der Waals surface area contributed by atoms with Crippen LogP contribution in [0.3, 0.4) is 0 Å². The van der Waals surface area contributed by atoms with Crippen molar-refractivity contribution in [1.29, 1.82) is 0 Å². The van der Waals surface area contributed by atoms with Crippen LogP contribution in [0.1, 0.15) is 30.6 Å². The van der Waals surface area contributed by atoms with Crippen LogP contribution in [-0.4, -0.2) is 64.1 Å². The molecule has 1 N–H and O–H groups in total. The second-order valence-electron chi connectivity index (χ2n) is 7.90. The fourth-order valence-electron chi connectivity index (χ4n) is 3.50. The number of nitrogens with one attached hydrogen (secondary N) is 1. The molecule has 0 aromatic heterocycles. The van der Waals surface area contributed by atoms with Crippen molar-refractivity contribution in [3.63, 3.8) is 0 Å². The van der Waals surface area contributed by atoms with Gasteiger partial charge in [0.1, 0.15) is 0 Å². The molecule has 1 amide bonds. The van der Waals surface area contributed by atoms with Gasteiger partial charge in [-0.3, -0.25) is 4.79 Å². The number of anilines is 1. The first-order valence-electron chi connectivity index (χ1n) is 10.8. The number of ether oxygens (including phenoxy) is 1. The quantitative estimate of drug-likeness (QED) is 0.558. The number of carbonyl (C=O) groups is 1. The SMILES string of the molecule is CC(C)OCCCNC(=O)c1cc(S(=O)(=O)N2CCN(c3ccccc3)CC2)ccc1Cl. The van der Waals surface area contributed by atoms with E-state index in [4.69, 9.17) is 16.3 Å². The molecular formula is C23H30ClN3O4S. The number of hydrogen-bond donors (Lipinski definition) is 1. The van der Waals surface area contributed by atoms with Crippen LogP contribution in [0.4, 0.5) is 5.69 Å². The second kappa shape index (κ2) is 11.1. The van der Waals surface area contributed by atoms with E-state index in [0.717, 1.165) is 5.69 Å². The number of nitrogens with zero attached hydrogens (tertiary/aromatic N) is 2. The zero-order valence-corrected chi connectivity index (χ0v) is 20.0. The summed E-state index contributed by atoms with van der Waals surface area (Å²) in [4.78, 5) is 14.8. The molecule has 0 atom stereocenters. The molecule has 3 rings (SSSR count). The van der Waals surface area contributed by atoms with Gasteiger partial charge >= 0.3 is 0 Å². The molecule has 1 aliphatic heterocycles. The van der Waals surface area contributed by atoms with Gasteiger partial charge in [0.2, 0.25) is 10.0 Å². The van der Waals surface area contributed by atoms with Crippen LogP contribution < -0.4 is 10.2 Å². The Bertz CT molecular complexity index is 1010. The van der Waals surface area contributed by atoms with E-state index in [1.165, 1.54) is 22.5 Å². The molecule has 0 saturated carbocycles. The van der Waals surface area contributed by atoms with Gasteiger partial charge in [0.15, 0.2) is 0 Å². The third kappa shape index (κ3) is 6.22. The molecular weight excluding hydrogens is 450 g/mol. The van der Waals surface area contributed by atoms with Crippen molar-refractivity contribution >= 4 is 33.2 Å². The Kier molecular flexibility index (Phi) is 8.53. The van der Waals surface area contributed by atoms with Crippen molar-refractivity contribution < 1.29 is 17.9 Å². The molecule has 7 nitrogen and oxygen atoms in total. The molecule has 0 unspecified atom stereocenters. The van der Waals surface area contributed by atoms with Gasteiger partial charge in [-0.05, 0) is 50.6 Å². The predicted octanol–water partition coefficient (Wildman–Crippen LogP) is 3.40. The molecule has 0 aliphatic carbocycles. The first kappa shape index (κ1) is 24.5. The summed E-state index contributed by atoms with van der Waals surface area (Å²) in [7, 11) is -3.73. The highest BCUT2D eigenvalue weighted by molar-refractivity contribution is 7.89. The van der Waals surface area contributed by atoms with Crippen molar-refractivity contribution in [1.82, 2.24) is 9.62 Å². The van der Waals surface area contributed by atoms with Crippen molar-refractivity contribution in [3.8, 4) is 0 Å². The van der Waals surface area contributed by atoms with Crippen LogP contribution in [0.25, 0.3) is 0 Å². The van der Waals surface area contributed by atoms with E-state index >= 15 is 0 Å². The van der Waals surface area contributed by atoms with Crippen LogP contribution in [-0.2, 0) is 14.8 Å². The third-order valence-corrected chi connectivity index (χ3v) is 7.46. The maximum Gasteiger partial charge on any atom is 0.252 e. The summed E-state index contributed by atoms with van der Waals surface area (Å²) in [5, 5.41) is 2.99. The van der Waals surface area contributed by atoms with Gasteiger partial charge in [-0.15, -0.1) is 0 Å². The first-order valence-corrected chi connectivity index (χ1v) is 12.6. The number of carbonyl (C=O) groups excluding carboxylic acids is 1. The monoisotopic (exact) mass is 479 g/mol. The second-order valence-corrected chi connectivity index (χ2v) is 10.2. The van der Waals surface area contributed by atoms with Crippen molar-refractivity contribution in [2.45, 2.75) is 31.3 Å². The van der Waals surface area contributed by atoms with Gasteiger partial charge in [-0.2, -0.15) is 4.31 Å². The number of para-hydroxylation sites is 1. The first-order chi connectivity index (χ1) is 15.3. The zero-order chi connectivity index (χ0) is 23.1. The molecule has 1 saturated heterocycles. The topological polar surface area (TPSA) is 78.9 Å². The number of hydrogen-bond acceptors (Lipinski definition) is 5. The smallest absolute Gasteiger partial charge is 0.252 e. The van der Waals surface area contributed by atoms with E-state index in [0.29, 0.717) is 45.8 Å². The minimum atomic E-state index is -3.73. The lowest BCUT2D eigenvalue weighted by Crippen LogP contribution is -2.48. The molecule has 1 fully saturated rings. The third-order valence-electron chi connectivity index (χ3n) is 5.24. The van der Waals surface area contributed by atoms with Gasteiger partial charge in [0.25, 0.3) is 5.91 Å². The molecule has 2 aromatic carbocycles. The number of halogens is 1. The average molecular weight is 480 g/mol. The van der Waals surface area contributed by atoms with E-state index in [1.54, 1.807) is 0 Å². The zero-order valence-electron chi connectivity index (χ0n) is 18.5. The van der Waals surface area contributed by atoms with Crippen LogP contribution in [0.5, 0.6) is 0 Å². The molecule has 9 heteroatoms. The Morgan fingerprint density at radius 1 is 1.09 bits per heavy atom. The normalized spacial score (nSPS) is 15.2. The number of benzene rings is 2. The lowest BCUT2D eigenvalue weighted by molar-refractivity contribution is 0.0757. The van der Waals surface area contributed by atoms with E-state index in [2.05, 4.69) is 10.2 Å². The molecule has 0 bridgehead atoms. The fraction of sp³-hybridized carbons (Fsp3) is 0.435. The van der Waals surface area contributed by atoms with Crippen molar-refractivity contribution in [3.05, 3.63) is 59.1 Å². The molecule has 2 aromatic rings. The van der Waals surface area contributed by atoms with Gasteiger partial charge in [-0.1, -0.05) is 29.8 Å². The molecule has 0 radical (unpaired) electrons. The number of amides is 1. The van der Waals surface area contributed by atoms with E-state index in [9.17, 15) is 13.2 Å². The van der Waals surface area contributed by atoms with E-state index in [1.807, 2.05) is 44.2 Å². The van der Waals surface area contributed by atoms with Gasteiger partial charge in [-0.25, -0.2) is 8.42 Å².